The number of aromatic nitrogens is 1. The van der Waals surface area contributed by atoms with Crippen LogP contribution in [0.15, 0.2) is 53.4 Å². The summed E-state index contributed by atoms with van der Waals surface area (Å²) < 4.78 is 22.7. The van der Waals surface area contributed by atoms with Gasteiger partial charge < -0.3 is 0 Å². The van der Waals surface area contributed by atoms with Crippen LogP contribution in [0.25, 0.3) is 11.3 Å². The highest BCUT2D eigenvalue weighted by Gasteiger charge is 2.12. The molecule has 0 radical (unpaired) electrons. The Morgan fingerprint density at radius 3 is 2.29 bits per heavy atom. The Morgan fingerprint density at radius 1 is 1.08 bits per heavy atom. The summed E-state index contributed by atoms with van der Waals surface area (Å²) >= 11 is 7.54. The zero-order valence-electron chi connectivity index (χ0n) is 12.9. The van der Waals surface area contributed by atoms with Crippen molar-refractivity contribution < 1.29 is 8.42 Å². The number of sulfonamides is 1. The molecule has 0 saturated heterocycles. The Hall–Kier alpha value is -1.73. The SMILES string of the molecule is Cc1sc(Cc2ccc(Cl)cc2)nc1-c1ccc(S(N)(=O)=O)cc1. The number of hydrogen-bond acceptors (Lipinski definition) is 4. The summed E-state index contributed by atoms with van der Waals surface area (Å²) in [4.78, 5) is 5.88. The normalized spacial score (nSPS) is 11.6. The van der Waals surface area contributed by atoms with Crippen LogP contribution < -0.4 is 5.14 Å². The molecule has 0 saturated carbocycles. The number of benzene rings is 2. The molecule has 0 fully saturated rings. The van der Waals surface area contributed by atoms with Crippen molar-refractivity contribution in [2.45, 2.75) is 18.2 Å². The third-order valence-corrected chi connectivity index (χ3v) is 5.72. The molecule has 24 heavy (non-hydrogen) atoms. The summed E-state index contributed by atoms with van der Waals surface area (Å²) in [7, 11) is -3.68. The molecular formula is C17H15ClN2O2S2. The van der Waals surface area contributed by atoms with Crippen LogP contribution in [0.4, 0.5) is 0 Å². The average Bonchev–Trinajstić information content (AvgIpc) is 2.89. The molecule has 1 heterocycles. The Kier molecular flexibility index (Phi) is 4.73. The Bertz CT molecular complexity index is 963. The summed E-state index contributed by atoms with van der Waals surface area (Å²) in [6, 6.07) is 14.2. The molecule has 124 valence electrons. The molecule has 0 unspecified atom stereocenters. The summed E-state index contributed by atoms with van der Waals surface area (Å²) in [5.74, 6) is 0. The van der Waals surface area contributed by atoms with Crippen molar-refractivity contribution in [1.82, 2.24) is 4.98 Å². The second kappa shape index (κ2) is 6.64. The Morgan fingerprint density at radius 2 is 1.71 bits per heavy atom. The van der Waals surface area contributed by atoms with Crippen molar-refractivity contribution in [3.8, 4) is 11.3 Å². The third-order valence-electron chi connectivity index (χ3n) is 3.57. The Balaban J connectivity index is 1.87. The number of rotatable bonds is 4. The molecular weight excluding hydrogens is 364 g/mol. The van der Waals surface area contributed by atoms with Crippen LogP contribution in [0, 0.1) is 6.92 Å². The highest BCUT2D eigenvalue weighted by molar-refractivity contribution is 7.89. The average molecular weight is 379 g/mol. The van der Waals surface area contributed by atoms with Crippen LogP contribution in [-0.2, 0) is 16.4 Å². The predicted octanol–water partition coefficient (Wildman–Crippen LogP) is 4.01. The minimum absolute atomic E-state index is 0.0977. The van der Waals surface area contributed by atoms with Crippen LogP contribution in [0.1, 0.15) is 15.4 Å². The number of hydrogen-bond donors (Lipinski definition) is 1. The van der Waals surface area contributed by atoms with E-state index in [0.29, 0.717) is 5.02 Å². The molecule has 3 rings (SSSR count). The van der Waals surface area contributed by atoms with Crippen LogP contribution >= 0.6 is 22.9 Å². The minimum Gasteiger partial charge on any atom is -0.241 e. The van der Waals surface area contributed by atoms with E-state index in [0.717, 1.165) is 33.1 Å². The minimum atomic E-state index is -3.68. The number of aryl methyl sites for hydroxylation is 1. The first-order chi connectivity index (χ1) is 11.3. The lowest BCUT2D eigenvalue weighted by molar-refractivity contribution is 0.598. The van der Waals surface area contributed by atoms with E-state index in [9.17, 15) is 8.42 Å². The van der Waals surface area contributed by atoms with Crippen molar-refractivity contribution in [2.75, 3.05) is 0 Å². The van der Waals surface area contributed by atoms with E-state index in [1.165, 1.54) is 12.1 Å². The fourth-order valence-corrected chi connectivity index (χ4v) is 4.00. The second-order valence-electron chi connectivity index (χ2n) is 5.39. The number of nitrogens with two attached hydrogens (primary N) is 1. The van der Waals surface area contributed by atoms with Gasteiger partial charge in [0, 0.05) is 21.9 Å². The maximum absolute atomic E-state index is 11.3. The number of thiazole rings is 1. The fraction of sp³-hybridized carbons (Fsp3) is 0.118. The highest BCUT2D eigenvalue weighted by Crippen LogP contribution is 2.29. The summed E-state index contributed by atoms with van der Waals surface area (Å²) in [6.07, 6.45) is 0.734. The molecule has 0 amide bonds. The predicted molar refractivity (Wildman–Crippen MR) is 97.9 cm³/mol. The van der Waals surface area contributed by atoms with Crippen LogP contribution in [0.2, 0.25) is 5.02 Å². The number of halogens is 1. The van der Waals surface area contributed by atoms with Crippen molar-refractivity contribution in [3.63, 3.8) is 0 Å². The van der Waals surface area contributed by atoms with Crippen molar-refractivity contribution in [3.05, 3.63) is 69.0 Å². The largest absolute Gasteiger partial charge is 0.241 e. The van der Waals surface area contributed by atoms with Gasteiger partial charge in [-0.1, -0.05) is 35.9 Å². The first kappa shape index (κ1) is 17.1. The lowest BCUT2D eigenvalue weighted by Crippen LogP contribution is -2.11. The molecule has 0 aliphatic carbocycles. The molecule has 0 spiro atoms. The molecule has 0 aliphatic heterocycles. The zero-order chi connectivity index (χ0) is 17.3. The van der Waals surface area contributed by atoms with Crippen molar-refractivity contribution >= 4 is 33.0 Å². The molecule has 4 nitrogen and oxygen atoms in total. The topological polar surface area (TPSA) is 73.0 Å². The van der Waals surface area contributed by atoms with E-state index >= 15 is 0 Å². The first-order valence-electron chi connectivity index (χ1n) is 7.17. The highest BCUT2D eigenvalue weighted by atomic mass is 35.5. The van der Waals surface area contributed by atoms with Gasteiger partial charge in [-0.2, -0.15) is 0 Å². The smallest absolute Gasteiger partial charge is 0.238 e. The van der Waals surface area contributed by atoms with E-state index in [2.05, 4.69) is 0 Å². The van der Waals surface area contributed by atoms with Crippen molar-refractivity contribution in [2.24, 2.45) is 5.14 Å². The first-order valence-corrected chi connectivity index (χ1v) is 9.91. The van der Waals surface area contributed by atoms with Gasteiger partial charge in [0.05, 0.1) is 15.6 Å². The van der Waals surface area contributed by atoms with Crippen molar-refractivity contribution in [1.29, 1.82) is 0 Å². The van der Waals surface area contributed by atoms with E-state index in [1.807, 2.05) is 31.2 Å². The monoisotopic (exact) mass is 378 g/mol. The quantitative estimate of drug-likeness (QED) is 0.745. The van der Waals surface area contributed by atoms with Gasteiger partial charge in [-0.05, 0) is 36.8 Å². The van der Waals surface area contributed by atoms with Gasteiger partial charge >= 0.3 is 0 Å². The molecule has 0 bridgehead atoms. The fourth-order valence-electron chi connectivity index (χ4n) is 2.37. The van der Waals surface area contributed by atoms with E-state index in [-0.39, 0.29) is 4.90 Å². The summed E-state index contributed by atoms with van der Waals surface area (Å²) in [5.41, 5.74) is 2.88. The second-order valence-corrected chi connectivity index (χ2v) is 8.67. The molecule has 0 atom stereocenters. The lowest BCUT2D eigenvalue weighted by Gasteiger charge is -2.01. The van der Waals surface area contributed by atoms with Gasteiger partial charge in [0.15, 0.2) is 0 Å². The molecule has 1 aromatic heterocycles. The van der Waals surface area contributed by atoms with Crippen LogP contribution in [-0.4, -0.2) is 13.4 Å². The van der Waals surface area contributed by atoms with E-state index in [4.69, 9.17) is 21.7 Å². The maximum atomic E-state index is 11.3. The standard InChI is InChI=1S/C17H15ClN2O2S2/c1-11-17(13-4-8-15(9-5-13)24(19,21)22)20-16(23-11)10-12-2-6-14(18)7-3-12/h2-9H,10H2,1H3,(H2,19,21,22). The van der Waals surface area contributed by atoms with Crippen LogP contribution in [0.5, 0.6) is 0 Å². The molecule has 2 aromatic carbocycles. The van der Waals surface area contributed by atoms with Gasteiger partial charge in [-0.3, -0.25) is 0 Å². The molecule has 0 aliphatic rings. The Labute approximate surface area is 150 Å². The zero-order valence-corrected chi connectivity index (χ0v) is 15.3. The third kappa shape index (κ3) is 3.84. The maximum Gasteiger partial charge on any atom is 0.238 e. The number of nitrogens with zero attached hydrogens (tertiary/aromatic N) is 1. The van der Waals surface area contributed by atoms with E-state index in [1.54, 1.807) is 23.5 Å². The number of primary sulfonamides is 1. The summed E-state index contributed by atoms with van der Waals surface area (Å²) in [6.45, 7) is 2.01. The van der Waals surface area contributed by atoms with Gasteiger partial charge in [-0.15, -0.1) is 11.3 Å². The molecule has 2 N–H and O–H groups in total. The van der Waals surface area contributed by atoms with Gasteiger partial charge in [0.25, 0.3) is 0 Å². The summed E-state index contributed by atoms with van der Waals surface area (Å²) in [5, 5.41) is 6.84. The van der Waals surface area contributed by atoms with E-state index < -0.39 is 10.0 Å². The molecule has 3 aromatic rings. The van der Waals surface area contributed by atoms with Gasteiger partial charge in [0.2, 0.25) is 10.0 Å². The van der Waals surface area contributed by atoms with Gasteiger partial charge in [-0.25, -0.2) is 18.5 Å². The molecule has 7 heteroatoms. The van der Waals surface area contributed by atoms with Gasteiger partial charge in [0.1, 0.15) is 0 Å². The lowest BCUT2D eigenvalue weighted by atomic mass is 10.1. The van der Waals surface area contributed by atoms with Crippen LogP contribution in [0.3, 0.4) is 0 Å².